The molecule has 2 amide bonds. The van der Waals surface area contributed by atoms with Gasteiger partial charge in [0, 0.05) is 31.0 Å². The smallest absolute Gasteiger partial charge is 0.311 e. The second kappa shape index (κ2) is 8.19. The summed E-state index contributed by atoms with van der Waals surface area (Å²) >= 11 is 0. The van der Waals surface area contributed by atoms with Crippen LogP contribution in [0.4, 0.5) is 0 Å². The summed E-state index contributed by atoms with van der Waals surface area (Å²) in [6.45, 7) is 4.74. The van der Waals surface area contributed by atoms with Crippen LogP contribution >= 0.6 is 0 Å². The van der Waals surface area contributed by atoms with E-state index in [-0.39, 0.29) is 35.6 Å². The van der Waals surface area contributed by atoms with E-state index in [4.69, 9.17) is 0 Å². The largest absolute Gasteiger partial charge is 0.481 e. The number of amides is 2. The van der Waals surface area contributed by atoms with E-state index in [9.17, 15) is 19.5 Å². The Morgan fingerprint density at radius 3 is 2.15 bits per heavy atom. The van der Waals surface area contributed by atoms with E-state index in [1.54, 1.807) is 4.90 Å². The fourth-order valence-corrected chi connectivity index (χ4v) is 5.16. The summed E-state index contributed by atoms with van der Waals surface area (Å²) in [5, 5.41) is 12.9. The molecule has 0 aromatic rings. The molecule has 0 bridgehead atoms. The SMILES string of the molecule is CC(C)C1(C(=O)O)CCN(C(=O)C2CCC(NC(=O)C3CCCC3)CC2)C1. The molecule has 1 saturated heterocycles. The molecule has 0 aromatic carbocycles. The van der Waals surface area contributed by atoms with Crippen LogP contribution in [-0.4, -0.2) is 46.9 Å². The van der Waals surface area contributed by atoms with Gasteiger partial charge in [-0.05, 0) is 50.9 Å². The van der Waals surface area contributed by atoms with E-state index in [0.717, 1.165) is 51.4 Å². The van der Waals surface area contributed by atoms with E-state index in [0.29, 0.717) is 19.5 Å². The van der Waals surface area contributed by atoms with Crippen LogP contribution in [0.15, 0.2) is 0 Å². The lowest BCUT2D eigenvalue weighted by molar-refractivity contribution is -0.151. The second-order valence-corrected chi connectivity index (χ2v) is 9.16. The Kier molecular flexibility index (Phi) is 6.11. The van der Waals surface area contributed by atoms with Crippen LogP contribution in [0.3, 0.4) is 0 Å². The fourth-order valence-electron chi connectivity index (χ4n) is 5.16. The molecular weight excluding hydrogens is 344 g/mol. The number of rotatable bonds is 5. The standard InChI is InChI=1S/C21H34N2O4/c1-14(2)21(20(26)27)11-12-23(13-21)19(25)16-7-9-17(10-8-16)22-18(24)15-5-3-4-6-15/h14-17H,3-13H2,1-2H3,(H,22,24)(H,26,27). The van der Waals surface area contributed by atoms with Gasteiger partial charge in [0.05, 0.1) is 5.41 Å². The molecule has 1 atom stereocenters. The molecule has 0 radical (unpaired) electrons. The van der Waals surface area contributed by atoms with Crippen LogP contribution in [0.25, 0.3) is 0 Å². The van der Waals surface area contributed by atoms with Gasteiger partial charge < -0.3 is 15.3 Å². The van der Waals surface area contributed by atoms with Crippen LogP contribution in [-0.2, 0) is 14.4 Å². The van der Waals surface area contributed by atoms with E-state index >= 15 is 0 Å². The van der Waals surface area contributed by atoms with Gasteiger partial charge in [-0.3, -0.25) is 14.4 Å². The molecular formula is C21H34N2O4. The minimum Gasteiger partial charge on any atom is -0.481 e. The highest BCUT2D eigenvalue weighted by molar-refractivity contribution is 5.82. The molecule has 2 saturated carbocycles. The number of carbonyl (C=O) groups excluding carboxylic acids is 2. The fraction of sp³-hybridized carbons (Fsp3) is 0.857. The van der Waals surface area contributed by atoms with Gasteiger partial charge in [-0.2, -0.15) is 0 Å². The third-order valence-electron chi connectivity index (χ3n) is 7.29. The highest BCUT2D eigenvalue weighted by Gasteiger charge is 2.49. The molecule has 1 unspecified atom stereocenters. The number of likely N-dealkylation sites (tertiary alicyclic amines) is 1. The van der Waals surface area contributed by atoms with E-state index < -0.39 is 11.4 Å². The molecule has 2 N–H and O–H groups in total. The lowest BCUT2D eigenvalue weighted by Gasteiger charge is -2.33. The number of carboxylic acids is 1. The average Bonchev–Trinajstić information content (AvgIpc) is 3.32. The van der Waals surface area contributed by atoms with Gasteiger partial charge in [-0.1, -0.05) is 26.7 Å². The molecule has 3 fully saturated rings. The Bertz CT molecular complexity index is 577. The van der Waals surface area contributed by atoms with Crippen LogP contribution in [0.5, 0.6) is 0 Å². The van der Waals surface area contributed by atoms with Gasteiger partial charge in [0.15, 0.2) is 0 Å². The molecule has 2 aliphatic carbocycles. The molecule has 6 heteroatoms. The van der Waals surface area contributed by atoms with Crippen molar-refractivity contribution in [3.63, 3.8) is 0 Å². The first-order chi connectivity index (χ1) is 12.8. The Labute approximate surface area is 162 Å². The van der Waals surface area contributed by atoms with Crippen molar-refractivity contribution in [2.75, 3.05) is 13.1 Å². The van der Waals surface area contributed by atoms with Gasteiger partial charge in [0.25, 0.3) is 0 Å². The van der Waals surface area contributed by atoms with Crippen LogP contribution in [0.2, 0.25) is 0 Å². The number of nitrogens with one attached hydrogen (secondary N) is 1. The lowest BCUT2D eigenvalue weighted by Crippen LogP contribution is -2.45. The number of nitrogens with zero attached hydrogens (tertiary/aromatic N) is 1. The third kappa shape index (κ3) is 4.14. The maximum atomic E-state index is 12.9. The zero-order valence-corrected chi connectivity index (χ0v) is 16.7. The predicted octanol–water partition coefficient (Wildman–Crippen LogP) is 2.81. The summed E-state index contributed by atoms with van der Waals surface area (Å²) < 4.78 is 0. The van der Waals surface area contributed by atoms with Gasteiger partial charge >= 0.3 is 5.97 Å². The zero-order valence-electron chi connectivity index (χ0n) is 16.7. The van der Waals surface area contributed by atoms with Crippen LogP contribution in [0, 0.1) is 23.2 Å². The highest BCUT2D eigenvalue weighted by atomic mass is 16.4. The molecule has 152 valence electrons. The molecule has 0 spiro atoms. The first-order valence-corrected chi connectivity index (χ1v) is 10.7. The van der Waals surface area contributed by atoms with Gasteiger partial charge in [-0.15, -0.1) is 0 Å². The Morgan fingerprint density at radius 2 is 1.63 bits per heavy atom. The van der Waals surface area contributed by atoms with Crippen molar-refractivity contribution in [2.45, 2.75) is 77.7 Å². The minimum atomic E-state index is -0.803. The zero-order chi connectivity index (χ0) is 19.6. The first kappa shape index (κ1) is 20.2. The molecule has 1 heterocycles. The second-order valence-electron chi connectivity index (χ2n) is 9.16. The number of aliphatic carboxylic acids is 1. The van der Waals surface area contributed by atoms with Crippen LogP contribution < -0.4 is 5.32 Å². The Balaban J connectivity index is 1.49. The first-order valence-electron chi connectivity index (χ1n) is 10.7. The van der Waals surface area contributed by atoms with Gasteiger partial charge in [0.2, 0.25) is 11.8 Å². The Morgan fingerprint density at radius 1 is 1.00 bits per heavy atom. The van der Waals surface area contributed by atoms with E-state index in [1.165, 1.54) is 0 Å². The summed E-state index contributed by atoms with van der Waals surface area (Å²) in [5.41, 5.74) is -0.803. The summed E-state index contributed by atoms with van der Waals surface area (Å²) in [5.74, 6) is -0.305. The van der Waals surface area contributed by atoms with Crippen molar-refractivity contribution >= 4 is 17.8 Å². The number of hydrogen-bond donors (Lipinski definition) is 2. The lowest BCUT2D eigenvalue weighted by atomic mass is 9.76. The molecule has 3 aliphatic rings. The third-order valence-corrected chi connectivity index (χ3v) is 7.29. The summed E-state index contributed by atoms with van der Waals surface area (Å²) in [6, 6.07) is 0.189. The Hall–Kier alpha value is -1.59. The quantitative estimate of drug-likeness (QED) is 0.770. The van der Waals surface area contributed by atoms with Crippen LogP contribution in [0.1, 0.15) is 71.6 Å². The van der Waals surface area contributed by atoms with Gasteiger partial charge in [0.1, 0.15) is 0 Å². The van der Waals surface area contributed by atoms with Crippen molar-refractivity contribution in [3.05, 3.63) is 0 Å². The number of hydrogen-bond acceptors (Lipinski definition) is 3. The molecule has 1 aliphatic heterocycles. The highest BCUT2D eigenvalue weighted by Crippen LogP contribution is 2.39. The summed E-state index contributed by atoms with van der Waals surface area (Å²) in [4.78, 5) is 38.8. The van der Waals surface area contributed by atoms with Gasteiger partial charge in [-0.25, -0.2) is 0 Å². The summed E-state index contributed by atoms with van der Waals surface area (Å²) in [6.07, 6.45) is 8.13. The van der Waals surface area contributed by atoms with Crippen molar-refractivity contribution in [1.29, 1.82) is 0 Å². The number of carbonyl (C=O) groups is 3. The maximum Gasteiger partial charge on any atom is 0.311 e. The molecule has 6 nitrogen and oxygen atoms in total. The van der Waals surface area contributed by atoms with Crippen molar-refractivity contribution < 1.29 is 19.5 Å². The topological polar surface area (TPSA) is 86.7 Å². The van der Waals surface area contributed by atoms with Crippen molar-refractivity contribution in [3.8, 4) is 0 Å². The predicted molar refractivity (Wildman–Crippen MR) is 102 cm³/mol. The maximum absolute atomic E-state index is 12.9. The summed E-state index contributed by atoms with van der Waals surface area (Å²) in [7, 11) is 0. The molecule has 3 rings (SSSR count). The average molecular weight is 379 g/mol. The molecule has 27 heavy (non-hydrogen) atoms. The normalized spacial score (nSPS) is 32.0. The van der Waals surface area contributed by atoms with Crippen molar-refractivity contribution in [2.24, 2.45) is 23.2 Å². The molecule has 0 aromatic heterocycles. The minimum absolute atomic E-state index is 0.00864. The van der Waals surface area contributed by atoms with E-state index in [1.807, 2.05) is 13.8 Å². The van der Waals surface area contributed by atoms with Crippen molar-refractivity contribution in [1.82, 2.24) is 10.2 Å². The van der Waals surface area contributed by atoms with E-state index in [2.05, 4.69) is 5.32 Å². The monoisotopic (exact) mass is 378 g/mol. The number of carboxylic acid groups (broad SMARTS) is 1.